The summed E-state index contributed by atoms with van der Waals surface area (Å²) >= 11 is 1.87. The second-order valence-corrected chi connectivity index (χ2v) is 5.12. The van der Waals surface area contributed by atoms with E-state index in [0.29, 0.717) is 6.04 Å². The number of hydrogen-bond donors (Lipinski definition) is 1. The van der Waals surface area contributed by atoms with Crippen LogP contribution in [0, 0.1) is 5.92 Å². The lowest BCUT2D eigenvalue weighted by molar-refractivity contribution is 0.428. The second kappa shape index (κ2) is 6.20. The van der Waals surface area contributed by atoms with Gasteiger partial charge in [0.15, 0.2) is 0 Å². The molecule has 1 nitrogen and oxygen atoms in total. The highest BCUT2D eigenvalue weighted by Gasteiger charge is 2.08. The quantitative estimate of drug-likeness (QED) is 0.761. The van der Waals surface area contributed by atoms with Crippen molar-refractivity contribution in [3.05, 3.63) is 22.4 Å². The number of thiophene rings is 1. The van der Waals surface area contributed by atoms with Gasteiger partial charge in [-0.15, -0.1) is 11.3 Å². The van der Waals surface area contributed by atoms with Crippen LogP contribution in [0.3, 0.4) is 0 Å². The van der Waals surface area contributed by atoms with Gasteiger partial charge in [0.05, 0.1) is 0 Å². The molecule has 2 heteroatoms. The minimum atomic E-state index is 0.648. The minimum absolute atomic E-state index is 0.648. The Bertz CT molecular complexity index is 230. The molecule has 14 heavy (non-hydrogen) atoms. The van der Waals surface area contributed by atoms with E-state index in [1.807, 2.05) is 11.3 Å². The largest absolute Gasteiger partial charge is 0.315 e. The smallest absolute Gasteiger partial charge is 0.00478 e. The van der Waals surface area contributed by atoms with Crippen molar-refractivity contribution in [1.29, 1.82) is 0 Å². The van der Waals surface area contributed by atoms with Crippen LogP contribution in [0.4, 0.5) is 0 Å². The molecule has 1 rings (SSSR count). The molecule has 0 spiro atoms. The molecule has 0 aliphatic rings. The van der Waals surface area contributed by atoms with E-state index in [-0.39, 0.29) is 0 Å². The van der Waals surface area contributed by atoms with Gasteiger partial charge in [0.25, 0.3) is 0 Å². The maximum Gasteiger partial charge on any atom is 0.00478 e. The molecule has 0 fully saturated rings. The Balaban J connectivity index is 2.25. The molecule has 0 radical (unpaired) electrons. The van der Waals surface area contributed by atoms with E-state index in [1.54, 1.807) is 0 Å². The van der Waals surface area contributed by atoms with Crippen molar-refractivity contribution in [3.8, 4) is 0 Å². The lowest BCUT2D eigenvalue weighted by atomic mass is 9.98. The fourth-order valence-corrected chi connectivity index (χ4v) is 2.76. The van der Waals surface area contributed by atoms with Gasteiger partial charge in [-0.1, -0.05) is 19.9 Å². The van der Waals surface area contributed by atoms with Gasteiger partial charge in [-0.3, -0.25) is 0 Å². The summed E-state index contributed by atoms with van der Waals surface area (Å²) in [5, 5.41) is 5.62. The highest BCUT2D eigenvalue weighted by molar-refractivity contribution is 7.09. The highest BCUT2D eigenvalue weighted by atomic mass is 32.1. The Morgan fingerprint density at radius 1 is 1.43 bits per heavy atom. The molecule has 2 atom stereocenters. The molecule has 1 heterocycles. The number of hydrogen-bond acceptors (Lipinski definition) is 2. The van der Waals surface area contributed by atoms with Crippen LogP contribution in [0.1, 0.15) is 32.1 Å². The Kier molecular flexibility index (Phi) is 5.20. The van der Waals surface area contributed by atoms with E-state index in [1.165, 1.54) is 17.7 Å². The van der Waals surface area contributed by atoms with Gasteiger partial charge in [0.2, 0.25) is 0 Å². The molecule has 0 aliphatic heterocycles. The molecule has 1 aromatic rings. The second-order valence-electron chi connectivity index (χ2n) is 4.08. The van der Waals surface area contributed by atoms with E-state index >= 15 is 0 Å². The van der Waals surface area contributed by atoms with Crippen molar-refractivity contribution >= 4 is 11.3 Å². The maximum atomic E-state index is 3.46. The van der Waals surface area contributed by atoms with Gasteiger partial charge >= 0.3 is 0 Å². The predicted octanol–water partition coefficient (Wildman–Crippen LogP) is 3.31. The predicted molar refractivity (Wildman–Crippen MR) is 64.9 cm³/mol. The van der Waals surface area contributed by atoms with Crippen molar-refractivity contribution in [1.82, 2.24) is 5.32 Å². The zero-order valence-electron chi connectivity index (χ0n) is 9.42. The summed E-state index contributed by atoms with van der Waals surface area (Å²) in [5.41, 5.74) is 0. The fraction of sp³-hybridized carbons (Fsp3) is 0.667. The van der Waals surface area contributed by atoms with Crippen LogP contribution in [0.25, 0.3) is 0 Å². The standard InChI is InChI=1S/C12H21NS/c1-4-13-11(3)8-10(2)9-12-6-5-7-14-12/h5-7,10-11,13H,4,8-9H2,1-3H3. The highest BCUT2D eigenvalue weighted by Crippen LogP contribution is 2.17. The van der Waals surface area contributed by atoms with Crippen molar-refractivity contribution in [2.24, 2.45) is 5.92 Å². The van der Waals surface area contributed by atoms with Crippen LogP contribution in [0.15, 0.2) is 17.5 Å². The van der Waals surface area contributed by atoms with Crippen LogP contribution < -0.4 is 5.32 Å². The first-order valence-electron chi connectivity index (χ1n) is 5.48. The van der Waals surface area contributed by atoms with Crippen LogP contribution in [-0.4, -0.2) is 12.6 Å². The third-order valence-corrected chi connectivity index (χ3v) is 3.34. The van der Waals surface area contributed by atoms with E-state index in [4.69, 9.17) is 0 Å². The Morgan fingerprint density at radius 3 is 2.79 bits per heavy atom. The first-order chi connectivity index (χ1) is 6.72. The van der Waals surface area contributed by atoms with Crippen molar-refractivity contribution in [2.75, 3.05) is 6.54 Å². The summed E-state index contributed by atoms with van der Waals surface area (Å²) in [5.74, 6) is 0.780. The Morgan fingerprint density at radius 2 is 2.21 bits per heavy atom. The minimum Gasteiger partial charge on any atom is -0.315 e. The summed E-state index contributed by atoms with van der Waals surface area (Å²) in [4.78, 5) is 1.51. The molecule has 0 aliphatic carbocycles. The number of rotatable bonds is 6. The molecular weight excluding hydrogens is 190 g/mol. The molecule has 0 saturated carbocycles. The molecular formula is C12H21NS. The van der Waals surface area contributed by atoms with Crippen LogP contribution in [-0.2, 0) is 6.42 Å². The van der Waals surface area contributed by atoms with Crippen molar-refractivity contribution < 1.29 is 0 Å². The lowest BCUT2D eigenvalue weighted by Crippen LogP contribution is -2.27. The van der Waals surface area contributed by atoms with Gasteiger partial charge in [-0.2, -0.15) is 0 Å². The molecule has 2 unspecified atom stereocenters. The van der Waals surface area contributed by atoms with E-state index in [0.717, 1.165) is 12.5 Å². The van der Waals surface area contributed by atoms with Crippen molar-refractivity contribution in [3.63, 3.8) is 0 Å². The summed E-state index contributed by atoms with van der Waals surface area (Å²) in [6, 6.07) is 5.02. The first kappa shape index (κ1) is 11.7. The molecule has 0 saturated heterocycles. The third kappa shape index (κ3) is 4.25. The zero-order valence-corrected chi connectivity index (χ0v) is 10.2. The first-order valence-corrected chi connectivity index (χ1v) is 6.36. The molecule has 0 aromatic carbocycles. The Hall–Kier alpha value is -0.340. The number of nitrogens with one attached hydrogen (secondary N) is 1. The van der Waals surface area contributed by atoms with Gasteiger partial charge in [0, 0.05) is 10.9 Å². The fourth-order valence-electron chi connectivity index (χ4n) is 1.89. The van der Waals surface area contributed by atoms with E-state index < -0.39 is 0 Å². The summed E-state index contributed by atoms with van der Waals surface area (Å²) in [7, 11) is 0. The van der Waals surface area contributed by atoms with Gasteiger partial charge < -0.3 is 5.32 Å². The maximum absolute atomic E-state index is 3.46. The average molecular weight is 211 g/mol. The zero-order chi connectivity index (χ0) is 10.4. The summed E-state index contributed by atoms with van der Waals surface area (Å²) in [6.45, 7) is 7.86. The van der Waals surface area contributed by atoms with E-state index in [9.17, 15) is 0 Å². The molecule has 1 aromatic heterocycles. The average Bonchev–Trinajstić information content (AvgIpc) is 2.56. The van der Waals surface area contributed by atoms with Gasteiger partial charge in [-0.05, 0) is 43.7 Å². The topological polar surface area (TPSA) is 12.0 Å². The Labute approximate surface area is 91.5 Å². The van der Waals surface area contributed by atoms with Gasteiger partial charge in [0.1, 0.15) is 0 Å². The molecule has 80 valence electrons. The lowest BCUT2D eigenvalue weighted by Gasteiger charge is -2.17. The molecule has 0 bridgehead atoms. The third-order valence-electron chi connectivity index (χ3n) is 2.44. The molecule has 0 amide bonds. The summed E-state index contributed by atoms with van der Waals surface area (Å²) < 4.78 is 0. The van der Waals surface area contributed by atoms with Crippen LogP contribution in [0.2, 0.25) is 0 Å². The van der Waals surface area contributed by atoms with Gasteiger partial charge in [-0.25, -0.2) is 0 Å². The molecule has 1 N–H and O–H groups in total. The summed E-state index contributed by atoms with van der Waals surface area (Å²) in [6.07, 6.45) is 2.50. The van der Waals surface area contributed by atoms with Crippen molar-refractivity contribution in [2.45, 2.75) is 39.7 Å². The van der Waals surface area contributed by atoms with Crippen LogP contribution >= 0.6 is 11.3 Å². The van der Waals surface area contributed by atoms with Crippen LogP contribution in [0.5, 0.6) is 0 Å². The SMILES string of the molecule is CCNC(C)CC(C)Cc1cccs1. The monoisotopic (exact) mass is 211 g/mol. The normalized spacial score (nSPS) is 15.4. The van der Waals surface area contributed by atoms with E-state index in [2.05, 4.69) is 43.6 Å².